The van der Waals surface area contributed by atoms with Crippen molar-refractivity contribution in [2.75, 3.05) is 7.11 Å². The number of hydrogen-bond donors (Lipinski definition) is 1. The third-order valence-electron chi connectivity index (χ3n) is 4.00. The number of aliphatic hydroxyl groups is 1. The van der Waals surface area contributed by atoms with Gasteiger partial charge in [0, 0.05) is 18.2 Å². The Labute approximate surface area is 118 Å². The summed E-state index contributed by atoms with van der Waals surface area (Å²) in [4.78, 5) is 0. The fourth-order valence-corrected chi connectivity index (χ4v) is 2.90. The second-order valence-electron chi connectivity index (χ2n) is 5.36. The van der Waals surface area contributed by atoms with Crippen molar-refractivity contribution in [3.63, 3.8) is 0 Å². The molecule has 0 bridgehead atoms. The summed E-state index contributed by atoms with van der Waals surface area (Å²) in [7, 11) is 1.56. The van der Waals surface area contributed by atoms with Crippen molar-refractivity contribution < 1.29 is 14.6 Å². The van der Waals surface area contributed by atoms with Crippen LogP contribution in [0.25, 0.3) is 0 Å². The maximum absolute atomic E-state index is 11.1. The summed E-state index contributed by atoms with van der Waals surface area (Å²) in [5.41, 5.74) is 1.36. The van der Waals surface area contributed by atoms with E-state index >= 15 is 0 Å². The summed E-state index contributed by atoms with van der Waals surface area (Å²) in [6, 6.07) is 15.3. The summed E-state index contributed by atoms with van der Waals surface area (Å²) in [6.45, 7) is 3.72. The number of rotatable bonds is 2. The van der Waals surface area contributed by atoms with Gasteiger partial charge in [-0.25, -0.2) is 0 Å². The lowest BCUT2D eigenvalue weighted by Gasteiger charge is -2.37. The largest absolute Gasteiger partial charge is 0.454 e. The van der Waals surface area contributed by atoms with E-state index in [9.17, 15) is 5.11 Å². The number of aryl methyl sites for hydroxylation is 1. The molecule has 1 aliphatic heterocycles. The monoisotopic (exact) mass is 270 g/mol. The SMILES string of the molecule is CO[C@@]1(c2ccccc2)Oc2ccc(C)cc2[C@]1(C)O. The van der Waals surface area contributed by atoms with Crippen molar-refractivity contribution in [3.05, 3.63) is 65.2 Å². The highest BCUT2D eigenvalue weighted by molar-refractivity contribution is 5.48. The molecule has 0 spiro atoms. The number of methoxy groups -OCH3 is 1. The van der Waals surface area contributed by atoms with E-state index in [1.807, 2.05) is 55.5 Å². The molecule has 2 aromatic carbocycles. The molecule has 0 radical (unpaired) electrons. The van der Waals surface area contributed by atoms with E-state index in [4.69, 9.17) is 9.47 Å². The van der Waals surface area contributed by atoms with Crippen LogP contribution in [-0.4, -0.2) is 12.2 Å². The predicted molar refractivity (Wildman–Crippen MR) is 76.5 cm³/mol. The molecule has 1 aliphatic rings. The van der Waals surface area contributed by atoms with Crippen LogP contribution in [0.5, 0.6) is 5.75 Å². The van der Waals surface area contributed by atoms with Gasteiger partial charge in [-0.3, -0.25) is 0 Å². The first-order valence-electron chi connectivity index (χ1n) is 6.64. The Morgan fingerprint density at radius 1 is 1.10 bits per heavy atom. The van der Waals surface area contributed by atoms with Crippen LogP contribution in [0.3, 0.4) is 0 Å². The Morgan fingerprint density at radius 3 is 2.45 bits per heavy atom. The van der Waals surface area contributed by atoms with E-state index in [1.165, 1.54) is 0 Å². The molecule has 1 heterocycles. The molecule has 2 aromatic rings. The molecule has 0 amide bonds. The first kappa shape index (κ1) is 13.2. The van der Waals surface area contributed by atoms with E-state index in [0.717, 1.165) is 16.7 Å². The standard InChI is InChI=1S/C17H18O3/c1-12-9-10-15-14(11-12)16(2,18)17(19-3,20-15)13-7-5-4-6-8-13/h4-11,18H,1-3H3/t16-,17-/m0/s1. The van der Waals surface area contributed by atoms with Gasteiger partial charge in [-0.15, -0.1) is 0 Å². The van der Waals surface area contributed by atoms with Gasteiger partial charge < -0.3 is 14.6 Å². The highest BCUT2D eigenvalue weighted by atomic mass is 16.7. The molecular weight excluding hydrogens is 252 g/mol. The predicted octanol–water partition coefficient (Wildman–Crippen LogP) is 3.09. The zero-order valence-electron chi connectivity index (χ0n) is 11.9. The third kappa shape index (κ3) is 1.60. The second kappa shape index (κ2) is 4.33. The highest BCUT2D eigenvalue weighted by Crippen LogP contribution is 2.53. The maximum Gasteiger partial charge on any atom is 0.270 e. The summed E-state index contributed by atoms with van der Waals surface area (Å²) in [6.07, 6.45) is 0. The Bertz CT molecular complexity index is 634. The van der Waals surface area contributed by atoms with Crippen molar-refractivity contribution >= 4 is 0 Å². The molecule has 0 saturated heterocycles. The summed E-state index contributed by atoms with van der Waals surface area (Å²) >= 11 is 0. The maximum atomic E-state index is 11.1. The normalized spacial score (nSPS) is 28.0. The van der Waals surface area contributed by atoms with Crippen LogP contribution < -0.4 is 4.74 Å². The van der Waals surface area contributed by atoms with Gasteiger partial charge in [0.05, 0.1) is 0 Å². The Kier molecular flexibility index (Phi) is 2.85. The Balaban J connectivity index is 2.21. The minimum atomic E-state index is -1.26. The van der Waals surface area contributed by atoms with Crippen LogP contribution >= 0.6 is 0 Å². The Hall–Kier alpha value is -1.84. The molecule has 1 N–H and O–H groups in total. The van der Waals surface area contributed by atoms with Gasteiger partial charge in [0.25, 0.3) is 5.79 Å². The molecule has 0 fully saturated rings. The average Bonchev–Trinajstić information content (AvgIpc) is 2.68. The molecule has 0 aromatic heterocycles. The molecule has 0 saturated carbocycles. The van der Waals surface area contributed by atoms with Gasteiger partial charge in [0.2, 0.25) is 0 Å². The first-order valence-corrected chi connectivity index (χ1v) is 6.64. The summed E-state index contributed by atoms with van der Waals surface area (Å²) in [5.74, 6) is -0.559. The fourth-order valence-electron chi connectivity index (χ4n) is 2.90. The molecule has 3 rings (SSSR count). The lowest BCUT2D eigenvalue weighted by Crippen LogP contribution is -2.48. The van der Waals surface area contributed by atoms with Gasteiger partial charge in [-0.05, 0) is 26.0 Å². The van der Waals surface area contributed by atoms with Crippen LogP contribution in [0.1, 0.15) is 23.6 Å². The van der Waals surface area contributed by atoms with Crippen molar-refractivity contribution in [2.45, 2.75) is 25.2 Å². The van der Waals surface area contributed by atoms with Crippen LogP contribution in [0.4, 0.5) is 0 Å². The average molecular weight is 270 g/mol. The summed E-state index contributed by atoms with van der Waals surface area (Å²) in [5, 5.41) is 11.1. The minimum absolute atomic E-state index is 0.659. The molecule has 3 heteroatoms. The van der Waals surface area contributed by atoms with Crippen LogP contribution in [0.2, 0.25) is 0 Å². The van der Waals surface area contributed by atoms with Crippen LogP contribution in [-0.2, 0) is 16.1 Å². The zero-order chi connectivity index (χ0) is 14.4. The van der Waals surface area contributed by atoms with E-state index in [1.54, 1.807) is 14.0 Å². The molecule has 0 aliphatic carbocycles. The van der Waals surface area contributed by atoms with E-state index in [2.05, 4.69) is 0 Å². The number of ether oxygens (including phenoxy) is 2. The molecule has 104 valence electrons. The lowest BCUT2D eigenvalue weighted by atomic mass is 9.84. The number of benzene rings is 2. The number of hydrogen-bond acceptors (Lipinski definition) is 3. The minimum Gasteiger partial charge on any atom is -0.454 e. The second-order valence-corrected chi connectivity index (χ2v) is 5.36. The van der Waals surface area contributed by atoms with Crippen molar-refractivity contribution in [2.24, 2.45) is 0 Å². The molecule has 0 unspecified atom stereocenters. The van der Waals surface area contributed by atoms with Crippen molar-refractivity contribution in [1.82, 2.24) is 0 Å². The van der Waals surface area contributed by atoms with Crippen molar-refractivity contribution in [3.8, 4) is 5.75 Å². The summed E-state index contributed by atoms with van der Waals surface area (Å²) < 4.78 is 11.7. The highest BCUT2D eigenvalue weighted by Gasteiger charge is 2.59. The quantitative estimate of drug-likeness (QED) is 0.911. The topological polar surface area (TPSA) is 38.7 Å². The third-order valence-corrected chi connectivity index (χ3v) is 4.00. The van der Waals surface area contributed by atoms with Gasteiger partial charge >= 0.3 is 0 Å². The molecule has 20 heavy (non-hydrogen) atoms. The van der Waals surface area contributed by atoms with Crippen LogP contribution in [0.15, 0.2) is 48.5 Å². The molecule has 3 nitrogen and oxygen atoms in total. The van der Waals surface area contributed by atoms with E-state index < -0.39 is 11.4 Å². The van der Waals surface area contributed by atoms with Gasteiger partial charge in [0.1, 0.15) is 5.75 Å². The van der Waals surface area contributed by atoms with E-state index in [-0.39, 0.29) is 0 Å². The van der Waals surface area contributed by atoms with Gasteiger partial charge in [-0.2, -0.15) is 0 Å². The van der Waals surface area contributed by atoms with Gasteiger partial charge in [0.15, 0.2) is 5.60 Å². The van der Waals surface area contributed by atoms with E-state index in [0.29, 0.717) is 5.75 Å². The van der Waals surface area contributed by atoms with Crippen LogP contribution in [0, 0.1) is 6.92 Å². The zero-order valence-corrected chi connectivity index (χ0v) is 11.9. The fraction of sp³-hybridized carbons (Fsp3) is 0.294. The first-order chi connectivity index (χ1) is 9.51. The molecule has 2 atom stereocenters. The molecular formula is C17H18O3. The smallest absolute Gasteiger partial charge is 0.270 e. The number of fused-ring (bicyclic) bond motifs is 1. The lowest BCUT2D eigenvalue weighted by molar-refractivity contribution is -0.263. The van der Waals surface area contributed by atoms with Crippen molar-refractivity contribution in [1.29, 1.82) is 0 Å². The Morgan fingerprint density at radius 2 is 1.80 bits per heavy atom. The van der Waals surface area contributed by atoms with Gasteiger partial charge in [-0.1, -0.05) is 42.0 Å².